The Balaban J connectivity index is 1.80. The SMILES string of the molecule is CC[C@@H](CO)Nc1nc(SC)nc2c1sc1nc(-c3ccco3)c3c(c12)CCC3. The Morgan fingerprint density at radius 1 is 1.28 bits per heavy atom. The number of fused-ring (bicyclic) bond motifs is 5. The van der Waals surface area contributed by atoms with Gasteiger partial charge in [0, 0.05) is 5.39 Å². The standard InChI is InChI=1S/C21H22N4O2S2/c1-3-11(10-26)22-19-18-17(24-21(25-19)28-2)15-12-6-4-7-13(12)16(23-20(15)29-18)14-8-5-9-27-14/h5,8-9,11,26H,3-4,6-7,10H2,1-2H3,(H,22,24,25)/t11-/m0/s1. The number of furan rings is 1. The zero-order valence-electron chi connectivity index (χ0n) is 16.4. The molecule has 0 aromatic carbocycles. The summed E-state index contributed by atoms with van der Waals surface area (Å²) >= 11 is 3.15. The fourth-order valence-electron chi connectivity index (χ4n) is 4.02. The molecule has 6 nitrogen and oxygen atoms in total. The topological polar surface area (TPSA) is 84.1 Å². The molecule has 0 saturated carbocycles. The Kier molecular flexibility index (Phi) is 4.93. The van der Waals surface area contributed by atoms with E-state index in [1.807, 2.05) is 18.4 Å². The van der Waals surface area contributed by atoms with Gasteiger partial charge in [-0.05, 0) is 55.2 Å². The summed E-state index contributed by atoms with van der Waals surface area (Å²) in [6.45, 7) is 2.12. The van der Waals surface area contributed by atoms with E-state index in [1.165, 1.54) is 22.9 Å². The number of aryl methyl sites for hydroxylation is 1. The van der Waals surface area contributed by atoms with Gasteiger partial charge in [-0.1, -0.05) is 18.7 Å². The van der Waals surface area contributed by atoms with E-state index in [9.17, 15) is 5.11 Å². The summed E-state index contributed by atoms with van der Waals surface area (Å²) in [5, 5.41) is 15.0. The number of aromatic nitrogens is 3. The van der Waals surface area contributed by atoms with Crippen molar-refractivity contribution < 1.29 is 9.52 Å². The van der Waals surface area contributed by atoms with Crippen LogP contribution >= 0.6 is 23.1 Å². The maximum absolute atomic E-state index is 9.66. The van der Waals surface area contributed by atoms with E-state index in [-0.39, 0.29) is 12.6 Å². The summed E-state index contributed by atoms with van der Waals surface area (Å²) in [7, 11) is 0. The van der Waals surface area contributed by atoms with Crippen LogP contribution in [0.4, 0.5) is 5.82 Å². The number of hydrogen-bond donors (Lipinski definition) is 2. The molecule has 150 valence electrons. The Bertz CT molecular complexity index is 1180. The zero-order valence-corrected chi connectivity index (χ0v) is 18.0. The van der Waals surface area contributed by atoms with Crippen molar-refractivity contribution in [3.63, 3.8) is 0 Å². The fourth-order valence-corrected chi connectivity index (χ4v) is 5.49. The molecule has 0 unspecified atom stereocenters. The van der Waals surface area contributed by atoms with Crippen molar-refractivity contribution in [3.8, 4) is 11.5 Å². The number of thioether (sulfide) groups is 1. The molecule has 4 heterocycles. The van der Waals surface area contributed by atoms with Crippen molar-refractivity contribution in [1.82, 2.24) is 15.0 Å². The monoisotopic (exact) mass is 426 g/mol. The minimum Gasteiger partial charge on any atom is -0.463 e. The van der Waals surface area contributed by atoms with Gasteiger partial charge in [0.2, 0.25) is 0 Å². The maximum Gasteiger partial charge on any atom is 0.189 e. The summed E-state index contributed by atoms with van der Waals surface area (Å²) in [6.07, 6.45) is 7.67. The minimum absolute atomic E-state index is 0.0367. The molecular weight excluding hydrogens is 404 g/mol. The molecule has 0 spiro atoms. The second kappa shape index (κ2) is 7.59. The Morgan fingerprint density at radius 2 is 2.14 bits per heavy atom. The predicted octanol–water partition coefficient (Wildman–Crippen LogP) is 4.89. The summed E-state index contributed by atoms with van der Waals surface area (Å²) < 4.78 is 6.68. The van der Waals surface area contributed by atoms with Crippen molar-refractivity contribution in [3.05, 3.63) is 29.5 Å². The molecule has 0 radical (unpaired) electrons. The first-order valence-corrected chi connectivity index (χ1v) is 11.9. The Hall–Kier alpha value is -2.16. The summed E-state index contributed by atoms with van der Waals surface area (Å²) in [5.41, 5.74) is 4.55. The Labute approximate surface area is 176 Å². The summed E-state index contributed by atoms with van der Waals surface area (Å²) in [4.78, 5) is 15.6. The number of thiophene rings is 1. The average molecular weight is 427 g/mol. The first-order chi connectivity index (χ1) is 14.2. The zero-order chi connectivity index (χ0) is 20.0. The molecule has 2 N–H and O–H groups in total. The molecule has 1 aliphatic carbocycles. The maximum atomic E-state index is 9.66. The molecule has 29 heavy (non-hydrogen) atoms. The fraction of sp³-hybridized carbons (Fsp3) is 0.381. The first-order valence-electron chi connectivity index (χ1n) is 9.84. The van der Waals surface area contributed by atoms with Crippen LogP contribution in [0.5, 0.6) is 0 Å². The lowest BCUT2D eigenvalue weighted by Gasteiger charge is -2.15. The lowest BCUT2D eigenvalue weighted by molar-refractivity contribution is 0.271. The normalized spacial score (nSPS) is 14.6. The van der Waals surface area contributed by atoms with Crippen molar-refractivity contribution in [2.24, 2.45) is 0 Å². The number of hydrogen-bond acceptors (Lipinski definition) is 8. The highest BCUT2D eigenvalue weighted by Crippen LogP contribution is 2.44. The van der Waals surface area contributed by atoms with E-state index in [0.717, 1.165) is 68.5 Å². The van der Waals surface area contributed by atoms with Crippen LogP contribution in [-0.2, 0) is 12.8 Å². The van der Waals surface area contributed by atoms with Crippen LogP contribution in [0.25, 0.3) is 31.9 Å². The van der Waals surface area contributed by atoms with Crippen LogP contribution in [-0.4, -0.2) is 39.0 Å². The van der Waals surface area contributed by atoms with E-state index in [2.05, 4.69) is 12.2 Å². The number of aliphatic hydroxyl groups is 1. The number of rotatable bonds is 6. The van der Waals surface area contributed by atoms with E-state index < -0.39 is 0 Å². The van der Waals surface area contributed by atoms with Crippen molar-refractivity contribution >= 4 is 49.3 Å². The molecular formula is C21H22N4O2S2. The van der Waals surface area contributed by atoms with Gasteiger partial charge in [0.15, 0.2) is 10.9 Å². The quantitative estimate of drug-likeness (QED) is 0.335. The van der Waals surface area contributed by atoms with Gasteiger partial charge in [-0.25, -0.2) is 15.0 Å². The number of pyridine rings is 1. The smallest absolute Gasteiger partial charge is 0.189 e. The number of anilines is 1. The van der Waals surface area contributed by atoms with Crippen LogP contribution in [0.2, 0.25) is 0 Å². The third-order valence-corrected chi connectivity index (χ3v) is 7.13. The molecule has 0 amide bonds. The number of nitrogens with one attached hydrogen (secondary N) is 1. The van der Waals surface area contributed by atoms with Gasteiger partial charge in [-0.2, -0.15) is 0 Å². The van der Waals surface area contributed by atoms with Gasteiger partial charge in [0.1, 0.15) is 16.3 Å². The van der Waals surface area contributed by atoms with E-state index >= 15 is 0 Å². The number of aliphatic hydroxyl groups excluding tert-OH is 1. The molecule has 0 aliphatic heterocycles. The van der Waals surface area contributed by atoms with Gasteiger partial charge < -0.3 is 14.8 Å². The largest absolute Gasteiger partial charge is 0.463 e. The molecule has 4 aromatic heterocycles. The van der Waals surface area contributed by atoms with Crippen LogP contribution in [0.15, 0.2) is 28.0 Å². The van der Waals surface area contributed by atoms with Crippen LogP contribution < -0.4 is 5.32 Å². The third-order valence-electron chi connectivity index (χ3n) is 5.50. The van der Waals surface area contributed by atoms with Crippen molar-refractivity contribution in [1.29, 1.82) is 0 Å². The molecule has 5 rings (SSSR count). The first kappa shape index (κ1) is 18.8. The second-order valence-corrected chi connectivity index (χ2v) is 8.97. The predicted molar refractivity (Wildman–Crippen MR) is 119 cm³/mol. The van der Waals surface area contributed by atoms with Crippen LogP contribution in [0.1, 0.15) is 30.9 Å². The highest BCUT2D eigenvalue weighted by Gasteiger charge is 2.26. The van der Waals surface area contributed by atoms with Gasteiger partial charge in [-0.15, -0.1) is 11.3 Å². The van der Waals surface area contributed by atoms with Crippen molar-refractivity contribution in [2.45, 2.75) is 43.8 Å². The Morgan fingerprint density at radius 3 is 2.86 bits per heavy atom. The molecule has 1 aliphatic rings. The van der Waals surface area contributed by atoms with E-state index in [1.54, 1.807) is 17.6 Å². The summed E-state index contributed by atoms with van der Waals surface area (Å²) in [6, 6.07) is 3.85. The van der Waals surface area contributed by atoms with Crippen LogP contribution in [0, 0.1) is 0 Å². The third kappa shape index (κ3) is 3.10. The highest BCUT2D eigenvalue weighted by molar-refractivity contribution is 7.98. The van der Waals surface area contributed by atoms with Crippen LogP contribution in [0.3, 0.4) is 0 Å². The molecule has 4 aromatic rings. The molecule has 0 bridgehead atoms. The minimum atomic E-state index is -0.0367. The van der Waals surface area contributed by atoms with E-state index in [4.69, 9.17) is 19.4 Å². The van der Waals surface area contributed by atoms with Gasteiger partial charge in [0.25, 0.3) is 0 Å². The van der Waals surface area contributed by atoms with E-state index in [0.29, 0.717) is 0 Å². The molecule has 8 heteroatoms. The van der Waals surface area contributed by atoms with Gasteiger partial charge in [0.05, 0.1) is 29.1 Å². The lowest BCUT2D eigenvalue weighted by atomic mass is 10.0. The average Bonchev–Trinajstić information content (AvgIpc) is 3.49. The second-order valence-electron chi connectivity index (χ2n) is 7.20. The van der Waals surface area contributed by atoms with Gasteiger partial charge >= 0.3 is 0 Å². The molecule has 1 atom stereocenters. The highest BCUT2D eigenvalue weighted by atomic mass is 32.2. The molecule has 0 saturated heterocycles. The lowest BCUT2D eigenvalue weighted by Crippen LogP contribution is -2.23. The van der Waals surface area contributed by atoms with Crippen molar-refractivity contribution in [2.75, 3.05) is 18.2 Å². The summed E-state index contributed by atoms with van der Waals surface area (Å²) in [5.74, 6) is 1.61. The molecule has 0 fully saturated rings. The number of nitrogens with zero attached hydrogens (tertiary/aromatic N) is 3. The van der Waals surface area contributed by atoms with Gasteiger partial charge in [-0.3, -0.25) is 0 Å².